The summed E-state index contributed by atoms with van der Waals surface area (Å²) in [5.41, 5.74) is 0. The zero-order chi connectivity index (χ0) is 12.5. The predicted molar refractivity (Wildman–Crippen MR) is 66.1 cm³/mol. The highest BCUT2D eigenvalue weighted by atomic mass is 32.2. The summed E-state index contributed by atoms with van der Waals surface area (Å²) in [6.07, 6.45) is 3.26. The number of anilines is 1. The molecule has 0 amide bonds. The fourth-order valence-electron chi connectivity index (χ4n) is 1.93. The number of aromatic carboxylic acids is 1. The van der Waals surface area contributed by atoms with Crippen LogP contribution < -0.4 is 4.72 Å². The quantitative estimate of drug-likeness (QED) is 0.881. The summed E-state index contributed by atoms with van der Waals surface area (Å²) in [6.45, 7) is 0. The van der Waals surface area contributed by atoms with E-state index in [1.807, 2.05) is 0 Å². The Morgan fingerprint density at radius 1 is 1.35 bits per heavy atom. The molecule has 5 nitrogen and oxygen atoms in total. The standard InChI is InChI=1S/C10H13NO4S2/c12-10(13)8-5-6-9(16-8)11-17(14,15)7-3-1-2-4-7/h5-7,11H,1-4H2,(H,12,13). The van der Waals surface area contributed by atoms with E-state index in [-0.39, 0.29) is 10.1 Å². The van der Waals surface area contributed by atoms with Crippen LogP contribution in [-0.4, -0.2) is 24.7 Å². The van der Waals surface area contributed by atoms with Gasteiger partial charge in [0.1, 0.15) is 9.88 Å². The maximum absolute atomic E-state index is 11.9. The molecule has 17 heavy (non-hydrogen) atoms. The molecule has 0 aromatic carbocycles. The van der Waals surface area contributed by atoms with Crippen LogP contribution in [0.15, 0.2) is 12.1 Å². The van der Waals surface area contributed by atoms with Crippen molar-refractivity contribution in [3.8, 4) is 0 Å². The fourth-order valence-corrected chi connectivity index (χ4v) is 4.51. The molecule has 1 saturated carbocycles. The Bertz CT molecular complexity index is 514. The van der Waals surface area contributed by atoms with Crippen molar-refractivity contribution in [1.29, 1.82) is 0 Å². The minimum Gasteiger partial charge on any atom is -0.477 e. The van der Waals surface area contributed by atoms with E-state index in [9.17, 15) is 13.2 Å². The molecule has 0 saturated heterocycles. The van der Waals surface area contributed by atoms with Crippen molar-refractivity contribution in [2.75, 3.05) is 4.72 Å². The molecule has 1 aliphatic rings. The predicted octanol–water partition coefficient (Wildman–Crippen LogP) is 2.13. The summed E-state index contributed by atoms with van der Waals surface area (Å²) in [7, 11) is -3.36. The topological polar surface area (TPSA) is 83.5 Å². The lowest BCUT2D eigenvalue weighted by atomic mass is 10.4. The van der Waals surface area contributed by atoms with E-state index < -0.39 is 16.0 Å². The first-order chi connectivity index (χ1) is 7.99. The van der Waals surface area contributed by atoms with Gasteiger partial charge in [-0.1, -0.05) is 12.8 Å². The average Bonchev–Trinajstić information content (AvgIpc) is 2.85. The second-order valence-electron chi connectivity index (χ2n) is 4.02. The Balaban J connectivity index is 2.11. The van der Waals surface area contributed by atoms with Gasteiger partial charge in [0, 0.05) is 0 Å². The lowest BCUT2D eigenvalue weighted by Crippen LogP contribution is -2.24. The van der Waals surface area contributed by atoms with Crippen molar-refractivity contribution in [2.24, 2.45) is 0 Å². The van der Waals surface area contributed by atoms with Crippen molar-refractivity contribution >= 4 is 32.3 Å². The summed E-state index contributed by atoms with van der Waals surface area (Å²) in [5.74, 6) is -1.04. The van der Waals surface area contributed by atoms with Crippen LogP contribution in [0.1, 0.15) is 35.4 Å². The van der Waals surface area contributed by atoms with Gasteiger partial charge in [-0.3, -0.25) is 4.72 Å². The van der Waals surface area contributed by atoms with Crippen LogP contribution >= 0.6 is 11.3 Å². The number of hydrogen-bond acceptors (Lipinski definition) is 4. The van der Waals surface area contributed by atoms with E-state index in [0.29, 0.717) is 17.8 Å². The van der Waals surface area contributed by atoms with Crippen molar-refractivity contribution in [2.45, 2.75) is 30.9 Å². The molecule has 0 bridgehead atoms. The van der Waals surface area contributed by atoms with E-state index in [2.05, 4.69) is 4.72 Å². The Hall–Kier alpha value is -1.08. The first-order valence-electron chi connectivity index (χ1n) is 5.34. The Morgan fingerprint density at radius 3 is 2.53 bits per heavy atom. The summed E-state index contributed by atoms with van der Waals surface area (Å²) < 4.78 is 26.3. The second-order valence-corrected chi connectivity index (χ2v) is 7.07. The maximum atomic E-state index is 11.9. The SMILES string of the molecule is O=C(O)c1ccc(NS(=O)(=O)C2CCCC2)s1. The fraction of sp³-hybridized carbons (Fsp3) is 0.500. The number of thiophene rings is 1. The van der Waals surface area contributed by atoms with Gasteiger partial charge in [0.15, 0.2) is 0 Å². The highest BCUT2D eigenvalue weighted by Gasteiger charge is 2.29. The highest BCUT2D eigenvalue weighted by Crippen LogP contribution is 2.28. The van der Waals surface area contributed by atoms with Gasteiger partial charge in [-0.2, -0.15) is 0 Å². The van der Waals surface area contributed by atoms with Crippen LogP contribution in [-0.2, 0) is 10.0 Å². The van der Waals surface area contributed by atoms with Crippen molar-refractivity contribution in [3.05, 3.63) is 17.0 Å². The van der Waals surface area contributed by atoms with Gasteiger partial charge >= 0.3 is 5.97 Å². The molecule has 0 radical (unpaired) electrons. The second kappa shape index (κ2) is 4.66. The van der Waals surface area contributed by atoms with E-state index >= 15 is 0 Å². The molecule has 7 heteroatoms. The van der Waals surface area contributed by atoms with E-state index in [1.165, 1.54) is 12.1 Å². The molecule has 2 rings (SSSR count). The summed E-state index contributed by atoms with van der Waals surface area (Å²) in [6, 6.07) is 2.89. The molecule has 0 unspecified atom stereocenters. The Kier molecular flexibility index (Phi) is 3.39. The molecule has 2 N–H and O–H groups in total. The van der Waals surface area contributed by atoms with E-state index in [4.69, 9.17) is 5.11 Å². The molecule has 0 spiro atoms. The van der Waals surface area contributed by atoms with Crippen molar-refractivity contribution < 1.29 is 18.3 Å². The summed E-state index contributed by atoms with van der Waals surface area (Å²) in [4.78, 5) is 10.8. The molecule has 1 aromatic heterocycles. The van der Waals surface area contributed by atoms with Crippen LogP contribution in [0.2, 0.25) is 0 Å². The van der Waals surface area contributed by atoms with Crippen LogP contribution in [0.3, 0.4) is 0 Å². The Labute approximate surface area is 104 Å². The molecule has 1 heterocycles. The normalized spacial score (nSPS) is 17.2. The van der Waals surface area contributed by atoms with Crippen LogP contribution in [0.5, 0.6) is 0 Å². The summed E-state index contributed by atoms with van der Waals surface area (Å²) >= 11 is 0.937. The van der Waals surface area contributed by atoms with Gasteiger partial charge < -0.3 is 5.11 Å². The van der Waals surface area contributed by atoms with Gasteiger partial charge in [-0.05, 0) is 25.0 Å². The number of carboxylic acids is 1. The number of hydrogen-bond donors (Lipinski definition) is 2. The molecule has 1 aromatic rings. The molecular formula is C10H13NO4S2. The van der Waals surface area contributed by atoms with Gasteiger partial charge in [-0.15, -0.1) is 11.3 Å². The van der Waals surface area contributed by atoms with Gasteiger partial charge in [0.25, 0.3) is 0 Å². The number of carboxylic acid groups (broad SMARTS) is 1. The number of sulfonamides is 1. The molecule has 0 atom stereocenters. The van der Waals surface area contributed by atoms with Crippen molar-refractivity contribution in [1.82, 2.24) is 0 Å². The van der Waals surface area contributed by atoms with Crippen LogP contribution in [0.4, 0.5) is 5.00 Å². The number of rotatable bonds is 4. The van der Waals surface area contributed by atoms with E-state index in [0.717, 1.165) is 24.2 Å². The third-order valence-corrected chi connectivity index (χ3v) is 5.77. The first kappa shape index (κ1) is 12.4. The van der Waals surface area contributed by atoms with Crippen LogP contribution in [0.25, 0.3) is 0 Å². The molecular weight excluding hydrogens is 262 g/mol. The van der Waals surface area contributed by atoms with Gasteiger partial charge in [0.05, 0.1) is 5.25 Å². The molecule has 94 valence electrons. The zero-order valence-electron chi connectivity index (χ0n) is 9.05. The molecule has 0 aliphatic heterocycles. The minimum absolute atomic E-state index is 0.133. The minimum atomic E-state index is -3.36. The lowest BCUT2D eigenvalue weighted by Gasteiger charge is -2.11. The van der Waals surface area contributed by atoms with E-state index in [1.54, 1.807) is 0 Å². The third-order valence-electron chi connectivity index (χ3n) is 2.80. The maximum Gasteiger partial charge on any atom is 0.345 e. The number of carbonyl (C=O) groups is 1. The summed E-state index contributed by atoms with van der Waals surface area (Å²) in [5, 5.41) is 8.78. The van der Waals surface area contributed by atoms with Crippen molar-refractivity contribution in [3.63, 3.8) is 0 Å². The zero-order valence-corrected chi connectivity index (χ0v) is 10.7. The number of nitrogens with one attached hydrogen (secondary N) is 1. The van der Waals surface area contributed by atoms with Gasteiger partial charge in [-0.25, -0.2) is 13.2 Å². The first-order valence-corrected chi connectivity index (χ1v) is 7.70. The smallest absolute Gasteiger partial charge is 0.345 e. The highest BCUT2D eigenvalue weighted by molar-refractivity contribution is 7.93. The third kappa shape index (κ3) is 2.78. The Morgan fingerprint density at radius 2 is 2.00 bits per heavy atom. The largest absolute Gasteiger partial charge is 0.477 e. The van der Waals surface area contributed by atoms with Crippen LogP contribution in [0, 0.1) is 0 Å². The average molecular weight is 275 g/mol. The lowest BCUT2D eigenvalue weighted by molar-refractivity contribution is 0.0702. The molecule has 1 fully saturated rings. The monoisotopic (exact) mass is 275 g/mol. The molecule has 1 aliphatic carbocycles. The van der Waals surface area contributed by atoms with Gasteiger partial charge in [0.2, 0.25) is 10.0 Å².